The van der Waals surface area contributed by atoms with E-state index in [0.717, 1.165) is 49.1 Å². The second kappa shape index (κ2) is 8.32. The van der Waals surface area contributed by atoms with E-state index >= 15 is 0 Å². The highest BCUT2D eigenvalue weighted by Crippen LogP contribution is 2.08. The lowest BCUT2D eigenvalue weighted by Crippen LogP contribution is -2.22. The average molecular weight is 268 g/mol. The lowest BCUT2D eigenvalue weighted by molar-refractivity contribution is 0.339. The Balaban J connectivity index is 2.61. The predicted octanol–water partition coefficient (Wildman–Crippen LogP) is 2.40. The Bertz CT molecular complexity index is 357. The van der Waals surface area contributed by atoms with Crippen LogP contribution in [0.1, 0.15) is 24.9 Å². The van der Waals surface area contributed by atoms with Crippen molar-refractivity contribution in [1.29, 1.82) is 0 Å². The van der Waals surface area contributed by atoms with Gasteiger partial charge in [-0.15, -0.1) is 0 Å². The Morgan fingerprint density at radius 3 is 2.83 bits per heavy atom. The predicted molar refractivity (Wildman–Crippen MR) is 80.3 cm³/mol. The highest BCUT2D eigenvalue weighted by Gasteiger charge is 2.05. The quantitative estimate of drug-likeness (QED) is 0.784. The second-order valence-corrected chi connectivity index (χ2v) is 5.45. The number of rotatable bonds is 8. The molecule has 1 aromatic rings. The van der Waals surface area contributed by atoms with E-state index in [1.54, 1.807) is 0 Å². The summed E-state index contributed by atoms with van der Waals surface area (Å²) in [6.45, 7) is 7.00. The SMILES string of the molecule is CCCNc1cc(C)nc(CN(C)CCSC)n1. The van der Waals surface area contributed by atoms with Gasteiger partial charge >= 0.3 is 0 Å². The molecule has 0 spiro atoms. The third-order valence-electron chi connectivity index (χ3n) is 2.55. The van der Waals surface area contributed by atoms with Crippen LogP contribution in [0, 0.1) is 6.92 Å². The molecule has 0 fully saturated rings. The summed E-state index contributed by atoms with van der Waals surface area (Å²) >= 11 is 1.86. The van der Waals surface area contributed by atoms with Crippen LogP contribution in [0.2, 0.25) is 0 Å². The Labute approximate surface area is 115 Å². The fraction of sp³-hybridized carbons (Fsp3) is 0.692. The summed E-state index contributed by atoms with van der Waals surface area (Å²) < 4.78 is 0. The van der Waals surface area contributed by atoms with Crippen LogP contribution in [0.5, 0.6) is 0 Å². The number of anilines is 1. The molecule has 102 valence electrons. The van der Waals surface area contributed by atoms with Crippen molar-refractivity contribution in [2.45, 2.75) is 26.8 Å². The van der Waals surface area contributed by atoms with Crippen LogP contribution in [-0.4, -0.2) is 47.0 Å². The van der Waals surface area contributed by atoms with Crippen molar-refractivity contribution in [2.24, 2.45) is 0 Å². The maximum atomic E-state index is 4.55. The molecule has 0 atom stereocenters. The van der Waals surface area contributed by atoms with Gasteiger partial charge in [0.2, 0.25) is 0 Å². The molecule has 0 bridgehead atoms. The van der Waals surface area contributed by atoms with Gasteiger partial charge in [-0.25, -0.2) is 9.97 Å². The largest absolute Gasteiger partial charge is 0.370 e. The van der Waals surface area contributed by atoms with E-state index in [1.807, 2.05) is 24.8 Å². The third-order valence-corrected chi connectivity index (χ3v) is 3.14. The molecule has 4 nitrogen and oxygen atoms in total. The summed E-state index contributed by atoms with van der Waals surface area (Å²) in [6.07, 6.45) is 3.23. The van der Waals surface area contributed by atoms with Crippen LogP contribution in [0.4, 0.5) is 5.82 Å². The first-order valence-corrected chi connectivity index (χ1v) is 7.81. The highest BCUT2D eigenvalue weighted by molar-refractivity contribution is 7.98. The summed E-state index contributed by atoms with van der Waals surface area (Å²) in [6, 6.07) is 2.00. The molecule has 0 saturated heterocycles. The zero-order chi connectivity index (χ0) is 13.4. The van der Waals surface area contributed by atoms with Gasteiger partial charge in [-0.1, -0.05) is 6.92 Å². The van der Waals surface area contributed by atoms with Crippen molar-refractivity contribution in [1.82, 2.24) is 14.9 Å². The lowest BCUT2D eigenvalue weighted by Gasteiger charge is -2.15. The number of nitrogens with zero attached hydrogens (tertiary/aromatic N) is 3. The number of hydrogen-bond donors (Lipinski definition) is 1. The lowest BCUT2D eigenvalue weighted by atomic mass is 10.4. The fourth-order valence-electron chi connectivity index (χ4n) is 1.61. The Morgan fingerprint density at radius 2 is 2.17 bits per heavy atom. The van der Waals surface area contributed by atoms with Gasteiger partial charge in [0, 0.05) is 30.6 Å². The summed E-state index contributed by atoms with van der Waals surface area (Å²) in [5.41, 5.74) is 1.02. The maximum absolute atomic E-state index is 4.55. The minimum absolute atomic E-state index is 0.809. The second-order valence-electron chi connectivity index (χ2n) is 4.47. The maximum Gasteiger partial charge on any atom is 0.144 e. The molecule has 0 unspecified atom stereocenters. The number of aromatic nitrogens is 2. The van der Waals surface area contributed by atoms with Crippen LogP contribution in [0.25, 0.3) is 0 Å². The normalized spacial score (nSPS) is 10.9. The molecule has 0 aromatic carbocycles. The average Bonchev–Trinajstić information content (AvgIpc) is 2.33. The van der Waals surface area contributed by atoms with Crippen LogP contribution in [-0.2, 0) is 6.54 Å². The van der Waals surface area contributed by atoms with Gasteiger partial charge in [-0.3, -0.25) is 4.90 Å². The number of nitrogens with one attached hydrogen (secondary N) is 1. The standard InChI is InChI=1S/C13H24N4S/c1-5-6-14-12-9-11(2)15-13(16-12)10-17(3)7-8-18-4/h9H,5-8,10H2,1-4H3,(H,14,15,16). The summed E-state index contributed by atoms with van der Waals surface area (Å²) in [7, 11) is 2.11. The van der Waals surface area contributed by atoms with Crippen molar-refractivity contribution in [3.63, 3.8) is 0 Å². The molecular weight excluding hydrogens is 244 g/mol. The molecule has 18 heavy (non-hydrogen) atoms. The first-order chi connectivity index (χ1) is 8.65. The molecule has 0 aliphatic rings. The van der Waals surface area contributed by atoms with Gasteiger partial charge in [-0.05, 0) is 26.6 Å². The van der Waals surface area contributed by atoms with E-state index < -0.39 is 0 Å². The van der Waals surface area contributed by atoms with Crippen molar-refractivity contribution in [3.05, 3.63) is 17.6 Å². The fourth-order valence-corrected chi connectivity index (χ4v) is 2.11. The topological polar surface area (TPSA) is 41.1 Å². The van der Waals surface area contributed by atoms with Gasteiger partial charge in [0.1, 0.15) is 11.6 Å². The van der Waals surface area contributed by atoms with E-state index in [1.165, 1.54) is 0 Å². The van der Waals surface area contributed by atoms with E-state index in [-0.39, 0.29) is 0 Å². The van der Waals surface area contributed by atoms with Crippen LogP contribution >= 0.6 is 11.8 Å². The van der Waals surface area contributed by atoms with Crippen molar-refractivity contribution in [2.75, 3.05) is 37.5 Å². The molecule has 0 aliphatic carbocycles. The first kappa shape index (κ1) is 15.2. The number of hydrogen-bond acceptors (Lipinski definition) is 5. The Hall–Kier alpha value is -0.810. The van der Waals surface area contributed by atoms with Crippen LogP contribution in [0.15, 0.2) is 6.07 Å². The zero-order valence-corrected chi connectivity index (χ0v) is 12.7. The summed E-state index contributed by atoms with van der Waals surface area (Å²) in [5.74, 6) is 2.98. The van der Waals surface area contributed by atoms with E-state index in [4.69, 9.17) is 0 Å². The minimum Gasteiger partial charge on any atom is -0.370 e. The molecule has 5 heteroatoms. The van der Waals surface area contributed by atoms with Gasteiger partial charge in [0.15, 0.2) is 0 Å². The first-order valence-electron chi connectivity index (χ1n) is 6.41. The molecular formula is C13H24N4S. The van der Waals surface area contributed by atoms with Gasteiger partial charge < -0.3 is 5.32 Å². The molecule has 0 aliphatic heterocycles. The minimum atomic E-state index is 0.809. The van der Waals surface area contributed by atoms with Crippen molar-refractivity contribution in [3.8, 4) is 0 Å². The number of aryl methyl sites for hydroxylation is 1. The van der Waals surface area contributed by atoms with E-state index in [0.29, 0.717) is 0 Å². The van der Waals surface area contributed by atoms with E-state index in [9.17, 15) is 0 Å². The van der Waals surface area contributed by atoms with Crippen molar-refractivity contribution < 1.29 is 0 Å². The highest BCUT2D eigenvalue weighted by atomic mass is 32.2. The molecule has 0 saturated carbocycles. The Kier molecular flexibility index (Phi) is 7.05. The summed E-state index contributed by atoms with van der Waals surface area (Å²) in [4.78, 5) is 11.3. The zero-order valence-electron chi connectivity index (χ0n) is 11.9. The molecule has 1 aromatic heterocycles. The van der Waals surface area contributed by atoms with E-state index in [2.05, 4.69) is 40.4 Å². The molecule has 1 rings (SSSR count). The van der Waals surface area contributed by atoms with Gasteiger partial charge in [0.05, 0.1) is 6.54 Å². The van der Waals surface area contributed by atoms with Crippen LogP contribution < -0.4 is 5.32 Å². The molecule has 1 heterocycles. The monoisotopic (exact) mass is 268 g/mol. The molecule has 1 N–H and O–H groups in total. The van der Waals surface area contributed by atoms with Gasteiger partial charge in [0.25, 0.3) is 0 Å². The molecule has 0 amide bonds. The smallest absolute Gasteiger partial charge is 0.144 e. The van der Waals surface area contributed by atoms with Crippen LogP contribution in [0.3, 0.4) is 0 Å². The molecule has 0 radical (unpaired) electrons. The Morgan fingerprint density at radius 1 is 1.39 bits per heavy atom. The van der Waals surface area contributed by atoms with Gasteiger partial charge in [-0.2, -0.15) is 11.8 Å². The summed E-state index contributed by atoms with van der Waals surface area (Å²) in [5, 5.41) is 3.32. The van der Waals surface area contributed by atoms with Crippen molar-refractivity contribution >= 4 is 17.6 Å². The third kappa shape index (κ3) is 5.69. The number of thioether (sulfide) groups is 1.